The Balaban J connectivity index is 2.83. The Morgan fingerprint density at radius 3 is 2.94 bits per heavy atom. The molecule has 0 saturated heterocycles. The predicted molar refractivity (Wildman–Crippen MR) is 61.2 cm³/mol. The van der Waals surface area contributed by atoms with Gasteiger partial charge in [0, 0.05) is 0 Å². The van der Waals surface area contributed by atoms with Gasteiger partial charge in [0.25, 0.3) is 0 Å². The summed E-state index contributed by atoms with van der Waals surface area (Å²) in [6.45, 7) is 3.40. The third kappa shape index (κ3) is 3.32. The molecule has 0 spiro atoms. The first-order valence-electron chi connectivity index (χ1n) is 4.40. The second kappa shape index (κ2) is 5.67. The van der Waals surface area contributed by atoms with Crippen molar-refractivity contribution in [3.8, 4) is 6.07 Å². The molecule has 6 nitrogen and oxygen atoms in total. The van der Waals surface area contributed by atoms with Crippen LogP contribution in [0.5, 0.6) is 0 Å². The smallest absolute Gasteiger partial charge is 0.412 e. The molecule has 0 fully saturated rings. The highest BCUT2D eigenvalue weighted by molar-refractivity contribution is 7.18. The Morgan fingerprint density at radius 2 is 2.41 bits per heavy atom. The number of amides is 1. The van der Waals surface area contributed by atoms with Crippen molar-refractivity contribution in [3.63, 3.8) is 0 Å². The molecule has 0 aliphatic carbocycles. The summed E-state index contributed by atoms with van der Waals surface area (Å²) in [6, 6.07) is 2.98. The van der Waals surface area contributed by atoms with Gasteiger partial charge in [-0.25, -0.2) is 9.59 Å². The van der Waals surface area contributed by atoms with E-state index in [1.54, 1.807) is 6.07 Å². The van der Waals surface area contributed by atoms with E-state index >= 15 is 0 Å². The predicted octanol–water partition coefficient (Wildman–Crippen LogP) is 2.05. The van der Waals surface area contributed by atoms with Crippen molar-refractivity contribution < 1.29 is 19.4 Å². The average Bonchev–Trinajstić information content (AvgIpc) is 2.69. The normalized spacial score (nSPS) is 9.12. The number of carboxylic acids is 1. The number of carboxylic acid groups (broad SMARTS) is 1. The van der Waals surface area contributed by atoms with Crippen LogP contribution in [0.15, 0.2) is 18.7 Å². The van der Waals surface area contributed by atoms with Crippen LogP contribution in [0.4, 0.5) is 9.80 Å². The van der Waals surface area contributed by atoms with Crippen LogP contribution in [0.1, 0.15) is 15.2 Å². The largest absolute Gasteiger partial charge is 0.477 e. The topological polar surface area (TPSA) is 99.4 Å². The highest BCUT2D eigenvalue weighted by atomic mass is 32.1. The summed E-state index contributed by atoms with van der Waals surface area (Å²) in [5, 5.41) is 19.9. The van der Waals surface area contributed by atoms with E-state index in [4.69, 9.17) is 10.4 Å². The van der Waals surface area contributed by atoms with Crippen LogP contribution in [0.3, 0.4) is 0 Å². The molecule has 17 heavy (non-hydrogen) atoms. The summed E-state index contributed by atoms with van der Waals surface area (Å²) in [5.41, 5.74) is 0.0861. The lowest BCUT2D eigenvalue weighted by molar-refractivity contribution is 0.0702. The van der Waals surface area contributed by atoms with Crippen LogP contribution in [0.2, 0.25) is 0 Å². The van der Waals surface area contributed by atoms with Crippen molar-refractivity contribution in [2.45, 2.75) is 0 Å². The zero-order chi connectivity index (χ0) is 12.8. The fraction of sp³-hybridized carbons (Fsp3) is 0.100. The van der Waals surface area contributed by atoms with Gasteiger partial charge in [0.15, 0.2) is 0 Å². The number of ether oxygens (including phenoxy) is 1. The van der Waals surface area contributed by atoms with E-state index in [0.717, 1.165) is 11.3 Å². The SMILES string of the molecule is C=CCOC(=O)Nc1sc(C(=O)O)cc1C#N. The molecule has 0 atom stereocenters. The van der Waals surface area contributed by atoms with E-state index in [9.17, 15) is 9.59 Å². The lowest BCUT2D eigenvalue weighted by atomic mass is 10.3. The number of hydrogen-bond donors (Lipinski definition) is 2. The van der Waals surface area contributed by atoms with Crippen LogP contribution >= 0.6 is 11.3 Å². The van der Waals surface area contributed by atoms with Crippen LogP contribution < -0.4 is 5.32 Å². The van der Waals surface area contributed by atoms with E-state index in [1.807, 2.05) is 0 Å². The third-order valence-corrected chi connectivity index (χ3v) is 2.65. The third-order valence-electron chi connectivity index (χ3n) is 1.61. The van der Waals surface area contributed by atoms with Gasteiger partial charge in [-0.3, -0.25) is 5.32 Å². The molecule has 0 unspecified atom stereocenters. The Labute approximate surface area is 101 Å². The number of carbonyl (C=O) groups excluding carboxylic acids is 1. The maximum atomic E-state index is 11.2. The quantitative estimate of drug-likeness (QED) is 0.799. The van der Waals surface area contributed by atoms with Crippen LogP contribution in [-0.2, 0) is 4.74 Å². The Hall–Kier alpha value is -2.33. The van der Waals surface area contributed by atoms with Crippen LogP contribution in [-0.4, -0.2) is 23.8 Å². The van der Waals surface area contributed by atoms with Gasteiger partial charge in [0.2, 0.25) is 0 Å². The van der Waals surface area contributed by atoms with Crippen molar-refractivity contribution >= 4 is 28.4 Å². The van der Waals surface area contributed by atoms with E-state index in [-0.39, 0.29) is 22.0 Å². The van der Waals surface area contributed by atoms with Gasteiger partial charge in [0.05, 0.1) is 5.56 Å². The molecular weight excluding hydrogens is 244 g/mol. The molecule has 0 radical (unpaired) electrons. The number of hydrogen-bond acceptors (Lipinski definition) is 5. The zero-order valence-corrected chi connectivity index (χ0v) is 9.41. The maximum Gasteiger partial charge on any atom is 0.412 e. The molecule has 1 rings (SSSR count). The number of rotatable bonds is 4. The molecule has 7 heteroatoms. The second-order valence-corrected chi connectivity index (χ2v) is 3.83. The molecule has 0 saturated carbocycles. The number of aromatic carboxylic acids is 1. The highest BCUT2D eigenvalue weighted by Gasteiger charge is 2.15. The van der Waals surface area contributed by atoms with E-state index in [1.165, 1.54) is 12.1 Å². The van der Waals surface area contributed by atoms with Gasteiger partial charge in [0.1, 0.15) is 22.6 Å². The van der Waals surface area contributed by atoms with Crippen molar-refractivity contribution in [3.05, 3.63) is 29.2 Å². The fourth-order valence-corrected chi connectivity index (χ4v) is 1.77. The number of anilines is 1. The number of nitrogens with one attached hydrogen (secondary N) is 1. The molecule has 0 aliphatic heterocycles. The number of nitrogens with zero attached hydrogens (tertiary/aromatic N) is 1. The van der Waals surface area contributed by atoms with E-state index in [2.05, 4.69) is 16.6 Å². The van der Waals surface area contributed by atoms with Gasteiger partial charge < -0.3 is 9.84 Å². The molecule has 0 aliphatic rings. The lowest BCUT2D eigenvalue weighted by Crippen LogP contribution is -2.13. The van der Waals surface area contributed by atoms with Crippen LogP contribution in [0.25, 0.3) is 0 Å². The minimum atomic E-state index is -1.15. The van der Waals surface area contributed by atoms with Gasteiger partial charge in [-0.15, -0.1) is 11.3 Å². The molecule has 0 bridgehead atoms. The molecule has 1 aromatic rings. The van der Waals surface area contributed by atoms with Crippen molar-refractivity contribution in [2.75, 3.05) is 11.9 Å². The van der Waals surface area contributed by atoms with Crippen LogP contribution in [0, 0.1) is 11.3 Å². The monoisotopic (exact) mass is 252 g/mol. The highest BCUT2D eigenvalue weighted by Crippen LogP contribution is 2.27. The first-order valence-corrected chi connectivity index (χ1v) is 5.22. The Bertz CT molecular complexity index is 501. The number of carbonyl (C=O) groups is 2. The van der Waals surface area contributed by atoms with E-state index < -0.39 is 12.1 Å². The molecule has 1 amide bonds. The molecular formula is C10H8N2O4S. The Morgan fingerprint density at radius 1 is 1.71 bits per heavy atom. The minimum Gasteiger partial charge on any atom is -0.477 e. The van der Waals surface area contributed by atoms with Crippen molar-refractivity contribution in [2.24, 2.45) is 0 Å². The summed E-state index contributed by atoms with van der Waals surface area (Å²) in [7, 11) is 0. The molecule has 0 aromatic carbocycles. The van der Waals surface area contributed by atoms with Gasteiger partial charge in [-0.05, 0) is 6.07 Å². The minimum absolute atomic E-state index is 0.0272. The second-order valence-electron chi connectivity index (χ2n) is 2.78. The first-order chi connectivity index (χ1) is 8.08. The number of thiophene rings is 1. The molecule has 1 heterocycles. The first kappa shape index (κ1) is 12.7. The molecule has 2 N–H and O–H groups in total. The van der Waals surface area contributed by atoms with Gasteiger partial charge >= 0.3 is 12.1 Å². The maximum absolute atomic E-state index is 11.2. The molecule has 88 valence electrons. The summed E-state index contributed by atoms with van der Waals surface area (Å²) < 4.78 is 4.65. The van der Waals surface area contributed by atoms with Gasteiger partial charge in [-0.2, -0.15) is 5.26 Å². The zero-order valence-electron chi connectivity index (χ0n) is 8.60. The average molecular weight is 252 g/mol. The Kier molecular flexibility index (Phi) is 4.25. The summed E-state index contributed by atoms with van der Waals surface area (Å²) in [5.74, 6) is -1.15. The van der Waals surface area contributed by atoms with E-state index in [0.29, 0.717) is 0 Å². The standard InChI is InChI=1S/C10H8N2O4S/c1-2-3-16-10(15)12-8-6(5-11)4-7(17-8)9(13)14/h2,4H,1,3H2,(H,12,15)(H,13,14). The summed E-state index contributed by atoms with van der Waals surface area (Å²) in [4.78, 5) is 21.8. The van der Waals surface area contributed by atoms with Crippen molar-refractivity contribution in [1.29, 1.82) is 5.26 Å². The number of nitriles is 1. The van der Waals surface area contributed by atoms with Crippen molar-refractivity contribution in [1.82, 2.24) is 0 Å². The fourth-order valence-electron chi connectivity index (χ4n) is 0.936. The summed E-state index contributed by atoms with van der Waals surface area (Å²) in [6.07, 6.45) is 0.627. The molecule has 1 aromatic heterocycles. The summed E-state index contributed by atoms with van der Waals surface area (Å²) >= 11 is 0.794. The van der Waals surface area contributed by atoms with Gasteiger partial charge in [-0.1, -0.05) is 12.7 Å². The lowest BCUT2D eigenvalue weighted by Gasteiger charge is -2.02.